The topological polar surface area (TPSA) is 35.5 Å². The van der Waals surface area contributed by atoms with Crippen LogP contribution in [0.25, 0.3) is 0 Å². The highest BCUT2D eigenvalue weighted by Crippen LogP contribution is 2.30. The lowest BCUT2D eigenvalue weighted by Gasteiger charge is -2.08. The predicted octanol–water partition coefficient (Wildman–Crippen LogP) is 2.54. The molecule has 0 atom stereocenters. The summed E-state index contributed by atoms with van der Waals surface area (Å²) in [6.07, 6.45) is 3.46. The van der Waals surface area contributed by atoms with Crippen molar-refractivity contribution in [3.05, 3.63) is 36.4 Å². The smallest absolute Gasteiger partial charge is 0.161 e. The molecule has 0 aliphatic carbocycles. The summed E-state index contributed by atoms with van der Waals surface area (Å²) in [6, 6.07) is 5.84. The Kier molecular flexibility index (Phi) is 3.81. The molecule has 0 aromatic heterocycles. The van der Waals surface area contributed by atoms with Gasteiger partial charge >= 0.3 is 0 Å². The zero-order chi connectivity index (χ0) is 12.1. The SMILES string of the molecule is C=CC(=O)CCc1ccc2c(c1)OCCCO2. The Morgan fingerprint density at radius 1 is 1.29 bits per heavy atom. The third kappa shape index (κ3) is 3.09. The number of aryl methyl sites for hydroxylation is 1. The minimum atomic E-state index is 0.0668. The average Bonchev–Trinajstić information content (AvgIpc) is 2.60. The van der Waals surface area contributed by atoms with Crippen molar-refractivity contribution in [3.8, 4) is 11.5 Å². The molecule has 3 nitrogen and oxygen atoms in total. The molecule has 17 heavy (non-hydrogen) atoms. The lowest BCUT2D eigenvalue weighted by atomic mass is 10.1. The van der Waals surface area contributed by atoms with E-state index in [4.69, 9.17) is 9.47 Å². The van der Waals surface area contributed by atoms with Crippen LogP contribution in [-0.4, -0.2) is 19.0 Å². The van der Waals surface area contributed by atoms with Crippen molar-refractivity contribution in [1.82, 2.24) is 0 Å². The van der Waals surface area contributed by atoms with Crippen LogP contribution in [0.1, 0.15) is 18.4 Å². The van der Waals surface area contributed by atoms with E-state index in [-0.39, 0.29) is 5.78 Å². The van der Waals surface area contributed by atoms with Gasteiger partial charge in [-0.15, -0.1) is 0 Å². The summed E-state index contributed by atoms with van der Waals surface area (Å²) in [4.78, 5) is 11.2. The van der Waals surface area contributed by atoms with Gasteiger partial charge in [0.15, 0.2) is 17.3 Å². The first-order chi connectivity index (χ1) is 8.29. The minimum Gasteiger partial charge on any atom is -0.490 e. The number of carbonyl (C=O) groups excluding carboxylic acids is 1. The van der Waals surface area contributed by atoms with Crippen LogP contribution in [0.5, 0.6) is 11.5 Å². The molecular weight excluding hydrogens is 216 g/mol. The van der Waals surface area contributed by atoms with Gasteiger partial charge in [0.05, 0.1) is 13.2 Å². The second-order valence-electron chi connectivity index (χ2n) is 4.00. The molecule has 1 aliphatic rings. The number of carbonyl (C=O) groups is 1. The molecule has 0 saturated heterocycles. The molecule has 0 unspecified atom stereocenters. The van der Waals surface area contributed by atoms with Gasteiger partial charge in [-0.05, 0) is 30.2 Å². The lowest BCUT2D eigenvalue weighted by Crippen LogP contribution is -1.97. The van der Waals surface area contributed by atoms with Crippen molar-refractivity contribution in [3.63, 3.8) is 0 Å². The van der Waals surface area contributed by atoms with Gasteiger partial charge in [0.25, 0.3) is 0 Å². The molecule has 1 heterocycles. The number of ketones is 1. The molecule has 0 radical (unpaired) electrons. The van der Waals surface area contributed by atoms with Gasteiger partial charge in [-0.25, -0.2) is 0 Å². The fraction of sp³-hybridized carbons (Fsp3) is 0.357. The molecular formula is C14H16O3. The molecule has 3 heteroatoms. The number of benzene rings is 1. The van der Waals surface area contributed by atoms with E-state index < -0.39 is 0 Å². The fourth-order valence-electron chi connectivity index (χ4n) is 1.73. The Morgan fingerprint density at radius 2 is 2.06 bits per heavy atom. The zero-order valence-corrected chi connectivity index (χ0v) is 9.78. The summed E-state index contributed by atoms with van der Waals surface area (Å²) >= 11 is 0. The first kappa shape index (κ1) is 11.7. The maximum Gasteiger partial charge on any atom is 0.161 e. The van der Waals surface area contributed by atoms with E-state index in [1.807, 2.05) is 18.2 Å². The van der Waals surface area contributed by atoms with Crippen molar-refractivity contribution < 1.29 is 14.3 Å². The van der Waals surface area contributed by atoms with Crippen molar-refractivity contribution in [1.29, 1.82) is 0 Å². The van der Waals surface area contributed by atoms with Crippen LogP contribution in [0.15, 0.2) is 30.9 Å². The van der Waals surface area contributed by atoms with Crippen LogP contribution >= 0.6 is 0 Å². The van der Waals surface area contributed by atoms with Gasteiger partial charge in [0.1, 0.15) is 0 Å². The van der Waals surface area contributed by atoms with E-state index in [1.54, 1.807) is 0 Å². The molecule has 0 bridgehead atoms. The van der Waals surface area contributed by atoms with Crippen molar-refractivity contribution >= 4 is 5.78 Å². The predicted molar refractivity (Wildman–Crippen MR) is 65.6 cm³/mol. The number of rotatable bonds is 4. The van der Waals surface area contributed by atoms with Gasteiger partial charge in [-0.1, -0.05) is 12.6 Å². The molecule has 1 aromatic carbocycles. The number of fused-ring (bicyclic) bond motifs is 1. The highest BCUT2D eigenvalue weighted by Gasteiger charge is 2.10. The standard InChI is InChI=1S/C14H16O3/c1-2-12(15)6-4-11-5-7-13-14(10-11)17-9-3-8-16-13/h2,5,7,10H,1,3-4,6,8-9H2. The molecule has 0 amide bonds. The van der Waals surface area contributed by atoms with Crippen molar-refractivity contribution in [2.45, 2.75) is 19.3 Å². The highest BCUT2D eigenvalue weighted by atomic mass is 16.5. The Bertz CT molecular complexity index is 423. The first-order valence-electron chi connectivity index (χ1n) is 5.83. The summed E-state index contributed by atoms with van der Waals surface area (Å²) in [6.45, 7) is 4.84. The third-order valence-electron chi connectivity index (χ3n) is 2.70. The monoisotopic (exact) mass is 232 g/mol. The molecule has 0 N–H and O–H groups in total. The highest BCUT2D eigenvalue weighted by molar-refractivity contribution is 5.89. The summed E-state index contributed by atoms with van der Waals surface area (Å²) < 4.78 is 11.1. The van der Waals surface area contributed by atoms with Crippen LogP contribution < -0.4 is 9.47 Å². The Labute approximate surface area is 101 Å². The maximum atomic E-state index is 11.2. The van der Waals surface area contributed by atoms with E-state index >= 15 is 0 Å². The number of hydrogen-bond acceptors (Lipinski definition) is 3. The number of allylic oxidation sites excluding steroid dienone is 1. The first-order valence-corrected chi connectivity index (χ1v) is 5.83. The molecule has 0 spiro atoms. The fourth-order valence-corrected chi connectivity index (χ4v) is 1.73. The largest absolute Gasteiger partial charge is 0.490 e. The molecule has 2 rings (SSSR count). The van der Waals surface area contributed by atoms with Crippen LogP contribution in [0.2, 0.25) is 0 Å². The third-order valence-corrected chi connectivity index (χ3v) is 2.70. The minimum absolute atomic E-state index is 0.0668. The Balaban J connectivity index is 2.07. The number of ether oxygens (including phenoxy) is 2. The molecule has 1 aromatic rings. The number of hydrogen-bond donors (Lipinski definition) is 0. The van der Waals surface area contributed by atoms with E-state index in [1.165, 1.54) is 6.08 Å². The van der Waals surface area contributed by atoms with Gasteiger partial charge in [-0.2, -0.15) is 0 Å². The maximum absolute atomic E-state index is 11.2. The summed E-state index contributed by atoms with van der Waals surface area (Å²) in [5.41, 5.74) is 1.09. The average molecular weight is 232 g/mol. The van der Waals surface area contributed by atoms with Crippen LogP contribution in [-0.2, 0) is 11.2 Å². The second kappa shape index (κ2) is 5.53. The zero-order valence-electron chi connectivity index (χ0n) is 9.78. The quantitative estimate of drug-likeness (QED) is 0.748. The van der Waals surface area contributed by atoms with Crippen LogP contribution in [0.4, 0.5) is 0 Å². The Morgan fingerprint density at radius 3 is 2.82 bits per heavy atom. The summed E-state index contributed by atoms with van der Waals surface area (Å²) in [7, 11) is 0. The Hall–Kier alpha value is -1.77. The van der Waals surface area contributed by atoms with Gasteiger partial charge in [-0.3, -0.25) is 4.79 Å². The van der Waals surface area contributed by atoms with Gasteiger partial charge in [0.2, 0.25) is 0 Å². The second-order valence-corrected chi connectivity index (χ2v) is 4.00. The molecule has 90 valence electrons. The van der Waals surface area contributed by atoms with Crippen LogP contribution in [0.3, 0.4) is 0 Å². The van der Waals surface area contributed by atoms with Crippen molar-refractivity contribution in [2.75, 3.05) is 13.2 Å². The van der Waals surface area contributed by atoms with E-state index in [0.29, 0.717) is 26.1 Å². The molecule has 0 saturated carbocycles. The van der Waals surface area contributed by atoms with Crippen LogP contribution in [0, 0.1) is 0 Å². The van der Waals surface area contributed by atoms with Gasteiger partial charge < -0.3 is 9.47 Å². The molecule has 1 aliphatic heterocycles. The van der Waals surface area contributed by atoms with Crippen molar-refractivity contribution in [2.24, 2.45) is 0 Å². The lowest BCUT2D eigenvalue weighted by molar-refractivity contribution is -0.114. The van der Waals surface area contributed by atoms with E-state index in [2.05, 4.69) is 6.58 Å². The molecule has 0 fully saturated rings. The summed E-state index contributed by atoms with van der Waals surface area (Å²) in [5, 5.41) is 0. The normalized spacial score (nSPS) is 13.9. The van der Waals surface area contributed by atoms with E-state index in [9.17, 15) is 4.79 Å². The van der Waals surface area contributed by atoms with E-state index in [0.717, 1.165) is 23.5 Å². The summed E-state index contributed by atoms with van der Waals surface area (Å²) in [5.74, 6) is 1.64. The van der Waals surface area contributed by atoms with Gasteiger partial charge in [0, 0.05) is 12.8 Å².